The number of benzene rings is 1. The number of halogens is 3. The molecule has 8 heteroatoms. The highest BCUT2D eigenvalue weighted by Gasteiger charge is 2.31. The zero-order chi connectivity index (χ0) is 15.5. The van der Waals surface area contributed by atoms with Crippen LogP contribution in [0.15, 0.2) is 24.3 Å². The van der Waals surface area contributed by atoms with Gasteiger partial charge in [0.15, 0.2) is 0 Å². The average Bonchev–Trinajstić information content (AvgIpc) is 2.46. The molecule has 1 saturated heterocycles. The van der Waals surface area contributed by atoms with E-state index in [0.717, 1.165) is 12.1 Å². The standard InChI is InChI=1S/C13H15F3N2O3/c14-13(15,16)9-2-1-3-10(6-9)17-12(20)18-4-5-21-11(7-18)8-19/h1-3,6,11,19H,4-5,7-8H2,(H,17,20). The lowest BCUT2D eigenvalue weighted by molar-refractivity contribution is -0.137. The summed E-state index contributed by atoms with van der Waals surface area (Å²) in [4.78, 5) is 13.4. The SMILES string of the molecule is O=C(Nc1cccc(C(F)(F)F)c1)N1CCOC(CO)C1. The van der Waals surface area contributed by atoms with Crippen LogP contribution in [-0.4, -0.2) is 48.4 Å². The number of urea groups is 1. The number of carbonyl (C=O) groups is 1. The molecule has 2 amide bonds. The first kappa shape index (κ1) is 15.6. The van der Waals surface area contributed by atoms with E-state index in [9.17, 15) is 18.0 Å². The van der Waals surface area contributed by atoms with Crippen LogP contribution in [0.3, 0.4) is 0 Å². The summed E-state index contributed by atoms with van der Waals surface area (Å²) in [6, 6.07) is 3.91. The normalized spacial score (nSPS) is 19.4. The predicted octanol–water partition coefficient (Wildman–Crippen LogP) is 1.93. The summed E-state index contributed by atoms with van der Waals surface area (Å²) < 4.78 is 43.0. The van der Waals surface area contributed by atoms with E-state index in [1.165, 1.54) is 17.0 Å². The maximum atomic E-state index is 12.6. The van der Waals surface area contributed by atoms with Gasteiger partial charge in [0.05, 0.1) is 31.4 Å². The van der Waals surface area contributed by atoms with Gasteiger partial charge in [-0.1, -0.05) is 6.07 Å². The second kappa shape index (κ2) is 6.31. The second-order valence-corrected chi connectivity index (χ2v) is 4.63. The summed E-state index contributed by atoms with van der Waals surface area (Å²) in [5.41, 5.74) is -0.752. The van der Waals surface area contributed by atoms with Gasteiger partial charge in [-0.2, -0.15) is 13.2 Å². The molecule has 0 saturated carbocycles. The Morgan fingerprint density at radius 3 is 2.90 bits per heavy atom. The molecule has 1 unspecified atom stereocenters. The Morgan fingerprint density at radius 1 is 1.48 bits per heavy atom. The average molecular weight is 304 g/mol. The molecule has 116 valence electrons. The Morgan fingerprint density at radius 2 is 2.24 bits per heavy atom. The highest BCUT2D eigenvalue weighted by Crippen LogP contribution is 2.30. The van der Waals surface area contributed by atoms with Gasteiger partial charge >= 0.3 is 12.2 Å². The van der Waals surface area contributed by atoms with Gasteiger partial charge in [0.2, 0.25) is 0 Å². The van der Waals surface area contributed by atoms with E-state index >= 15 is 0 Å². The quantitative estimate of drug-likeness (QED) is 0.877. The van der Waals surface area contributed by atoms with Gasteiger partial charge in [0.25, 0.3) is 0 Å². The van der Waals surface area contributed by atoms with Crippen molar-refractivity contribution < 1.29 is 27.8 Å². The molecule has 2 rings (SSSR count). The van der Waals surface area contributed by atoms with Crippen molar-refractivity contribution in [3.63, 3.8) is 0 Å². The Labute approximate surface area is 119 Å². The largest absolute Gasteiger partial charge is 0.416 e. The van der Waals surface area contributed by atoms with Gasteiger partial charge in [-0.25, -0.2) is 4.79 Å². The molecule has 2 N–H and O–H groups in total. The molecule has 0 spiro atoms. The number of carbonyl (C=O) groups excluding carboxylic acids is 1. The molecular formula is C13H15F3N2O3. The molecule has 0 bridgehead atoms. The molecule has 1 atom stereocenters. The van der Waals surface area contributed by atoms with E-state index in [0.29, 0.717) is 6.54 Å². The molecule has 1 aliphatic heterocycles. The van der Waals surface area contributed by atoms with E-state index in [1.54, 1.807) is 0 Å². The first-order valence-electron chi connectivity index (χ1n) is 6.36. The van der Waals surface area contributed by atoms with Crippen molar-refractivity contribution in [3.8, 4) is 0 Å². The minimum absolute atomic E-state index is 0.0712. The highest BCUT2D eigenvalue weighted by molar-refractivity contribution is 5.89. The number of aliphatic hydroxyl groups excluding tert-OH is 1. The molecule has 5 nitrogen and oxygen atoms in total. The number of anilines is 1. The van der Waals surface area contributed by atoms with Crippen LogP contribution in [-0.2, 0) is 10.9 Å². The minimum Gasteiger partial charge on any atom is -0.394 e. The number of rotatable bonds is 2. The number of nitrogens with zero attached hydrogens (tertiary/aromatic N) is 1. The van der Waals surface area contributed by atoms with Gasteiger partial charge < -0.3 is 20.1 Å². The minimum atomic E-state index is -4.46. The lowest BCUT2D eigenvalue weighted by Crippen LogP contribution is -2.48. The van der Waals surface area contributed by atoms with E-state index in [-0.39, 0.29) is 25.4 Å². The van der Waals surface area contributed by atoms with Crippen molar-refractivity contribution in [1.82, 2.24) is 4.90 Å². The van der Waals surface area contributed by atoms with Crippen LogP contribution >= 0.6 is 0 Å². The van der Waals surface area contributed by atoms with E-state index in [4.69, 9.17) is 9.84 Å². The van der Waals surface area contributed by atoms with Crippen molar-refractivity contribution in [1.29, 1.82) is 0 Å². The fourth-order valence-electron chi connectivity index (χ4n) is 1.99. The van der Waals surface area contributed by atoms with Gasteiger partial charge in [-0.15, -0.1) is 0 Å². The number of hydrogen-bond donors (Lipinski definition) is 2. The lowest BCUT2D eigenvalue weighted by atomic mass is 10.2. The summed E-state index contributed by atoms with van der Waals surface area (Å²) in [6.07, 6.45) is -4.92. The third-order valence-electron chi connectivity index (χ3n) is 3.07. The van der Waals surface area contributed by atoms with Crippen molar-refractivity contribution >= 4 is 11.7 Å². The molecule has 0 radical (unpaired) electrons. The van der Waals surface area contributed by atoms with Gasteiger partial charge in [-0.05, 0) is 18.2 Å². The fourth-order valence-corrected chi connectivity index (χ4v) is 1.99. The van der Waals surface area contributed by atoms with Crippen LogP contribution in [0.4, 0.5) is 23.7 Å². The van der Waals surface area contributed by atoms with Gasteiger partial charge in [-0.3, -0.25) is 0 Å². The molecule has 1 aliphatic rings. The third kappa shape index (κ3) is 4.08. The summed E-state index contributed by atoms with van der Waals surface area (Å²) in [6.45, 7) is 0.581. The van der Waals surface area contributed by atoms with Crippen LogP contribution in [0.2, 0.25) is 0 Å². The number of ether oxygens (including phenoxy) is 1. The number of amides is 2. The highest BCUT2D eigenvalue weighted by atomic mass is 19.4. The topological polar surface area (TPSA) is 61.8 Å². The fraction of sp³-hybridized carbons (Fsp3) is 0.462. The van der Waals surface area contributed by atoms with E-state index < -0.39 is 23.9 Å². The second-order valence-electron chi connectivity index (χ2n) is 4.63. The number of aliphatic hydroxyl groups is 1. The Kier molecular flexibility index (Phi) is 4.69. The van der Waals surface area contributed by atoms with Gasteiger partial charge in [0.1, 0.15) is 0 Å². The third-order valence-corrected chi connectivity index (χ3v) is 3.07. The molecule has 1 fully saturated rings. The van der Waals surface area contributed by atoms with Crippen LogP contribution in [0.1, 0.15) is 5.56 Å². The smallest absolute Gasteiger partial charge is 0.394 e. The number of nitrogens with one attached hydrogen (secondary N) is 1. The molecule has 21 heavy (non-hydrogen) atoms. The predicted molar refractivity (Wildman–Crippen MR) is 68.9 cm³/mol. The van der Waals surface area contributed by atoms with Crippen molar-refractivity contribution in [2.75, 3.05) is 31.6 Å². The Bertz CT molecular complexity index is 508. The summed E-state index contributed by atoms with van der Waals surface area (Å²) >= 11 is 0. The zero-order valence-corrected chi connectivity index (χ0v) is 11.1. The maximum absolute atomic E-state index is 12.6. The van der Waals surface area contributed by atoms with Crippen LogP contribution in [0, 0.1) is 0 Å². The van der Waals surface area contributed by atoms with Crippen LogP contribution in [0.5, 0.6) is 0 Å². The van der Waals surface area contributed by atoms with Gasteiger partial charge in [0, 0.05) is 12.2 Å². The van der Waals surface area contributed by atoms with Crippen molar-refractivity contribution in [3.05, 3.63) is 29.8 Å². The van der Waals surface area contributed by atoms with E-state index in [1.807, 2.05) is 0 Å². The molecular weight excluding hydrogens is 289 g/mol. The zero-order valence-electron chi connectivity index (χ0n) is 11.1. The van der Waals surface area contributed by atoms with Crippen molar-refractivity contribution in [2.24, 2.45) is 0 Å². The number of hydrogen-bond acceptors (Lipinski definition) is 3. The lowest BCUT2D eigenvalue weighted by Gasteiger charge is -2.32. The first-order valence-corrected chi connectivity index (χ1v) is 6.36. The summed E-state index contributed by atoms with van der Waals surface area (Å²) in [7, 11) is 0. The molecule has 0 aromatic heterocycles. The molecule has 1 aromatic rings. The number of morpholine rings is 1. The Hall–Kier alpha value is -1.80. The summed E-state index contributed by atoms with van der Waals surface area (Å²) in [5.74, 6) is 0. The molecule has 0 aliphatic carbocycles. The number of alkyl halides is 3. The van der Waals surface area contributed by atoms with Crippen LogP contribution in [0.25, 0.3) is 0 Å². The Balaban J connectivity index is 2.02. The first-order chi connectivity index (χ1) is 9.90. The van der Waals surface area contributed by atoms with Crippen LogP contribution < -0.4 is 5.32 Å². The summed E-state index contributed by atoms with van der Waals surface area (Å²) in [5, 5.41) is 11.4. The molecule has 1 aromatic carbocycles. The molecule has 1 heterocycles. The van der Waals surface area contributed by atoms with Crippen molar-refractivity contribution in [2.45, 2.75) is 12.3 Å². The maximum Gasteiger partial charge on any atom is 0.416 e. The van der Waals surface area contributed by atoms with E-state index in [2.05, 4.69) is 5.32 Å². The monoisotopic (exact) mass is 304 g/mol.